The van der Waals surface area contributed by atoms with Crippen molar-refractivity contribution in [3.8, 4) is 0 Å². The lowest BCUT2D eigenvalue weighted by Crippen LogP contribution is -2.68. The van der Waals surface area contributed by atoms with Crippen molar-refractivity contribution in [1.29, 1.82) is 0 Å². The maximum Gasteiger partial charge on any atom is 0.100 e. The maximum absolute atomic E-state index is 10.5. The molecule has 4 nitrogen and oxygen atoms in total. The van der Waals surface area contributed by atoms with E-state index in [-0.39, 0.29) is 6.10 Å². The highest BCUT2D eigenvalue weighted by molar-refractivity contribution is 5.13. The van der Waals surface area contributed by atoms with Gasteiger partial charge in [0.15, 0.2) is 0 Å². The molecule has 4 heteroatoms. The second-order valence-electron chi connectivity index (χ2n) is 6.76. The summed E-state index contributed by atoms with van der Waals surface area (Å²) in [5, 5.41) is 22.0. The van der Waals surface area contributed by atoms with Crippen LogP contribution in [0.25, 0.3) is 0 Å². The molecular weight excluding hydrogens is 254 g/mol. The summed E-state index contributed by atoms with van der Waals surface area (Å²) in [6.07, 6.45) is -0.436. The number of hydroxylamine groups is 2. The van der Waals surface area contributed by atoms with Gasteiger partial charge in [0.1, 0.15) is 6.10 Å². The van der Waals surface area contributed by atoms with E-state index in [1.807, 2.05) is 58.0 Å². The van der Waals surface area contributed by atoms with Crippen molar-refractivity contribution in [2.75, 3.05) is 0 Å². The minimum absolute atomic E-state index is 0.288. The molecule has 112 valence electrons. The molecule has 1 aliphatic rings. The minimum atomic E-state index is -0.733. The highest BCUT2D eigenvalue weighted by Gasteiger charge is 2.51. The molecule has 1 aromatic carbocycles. The topological polar surface area (TPSA) is 52.9 Å². The number of piperidine rings is 1. The highest BCUT2D eigenvalue weighted by atomic mass is 16.5. The summed E-state index contributed by atoms with van der Waals surface area (Å²) in [5.41, 5.74) is -0.0746. The number of hydrogen-bond acceptors (Lipinski definition) is 4. The van der Waals surface area contributed by atoms with E-state index in [1.54, 1.807) is 0 Å². The molecule has 0 radical (unpaired) electrons. The smallest absolute Gasteiger partial charge is 0.100 e. The van der Waals surface area contributed by atoms with E-state index in [0.717, 1.165) is 5.56 Å². The number of hydrogen-bond donors (Lipinski definition) is 2. The zero-order valence-corrected chi connectivity index (χ0v) is 12.7. The molecule has 1 aromatic rings. The van der Waals surface area contributed by atoms with Gasteiger partial charge < -0.3 is 15.1 Å². The standard InChI is InChI=1S/C16H25NO3/c1-15(2)10-13(14(18)16(3,4)17(15)19)20-11-12-8-6-5-7-9-12/h5-9,13-14,18-19H,10-11H2,1-4H3. The third-order valence-corrected chi connectivity index (χ3v) is 4.20. The lowest BCUT2D eigenvalue weighted by Gasteiger charge is -2.53. The Labute approximate surface area is 120 Å². The van der Waals surface area contributed by atoms with E-state index in [4.69, 9.17) is 4.74 Å². The van der Waals surface area contributed by atoms with Gasteiger partial charge in [0, 0.05) is 5.54 Å². The van der Waals surface area contributed by atoms with Gasteiger partial charge in [0.05, 0.1) is 18.2 Å². The Morgan fingerprint density at radius 3 is 2.40 bits per heavy atom. The number of benzene rings is 1. The number of rotatable bonds is 3. The molecule has 2 N–H and O–H groups in total. The van der Waals surface area contributed by atoms with E-state index < -0.39 is 17.2 Å². The van der Waals surface area contributed by atoms with Crippen molar-refractivity contribution < 1.29 is 15.1 Å². The van der Waals surface area contributed by atoms with E-state index >= 15 is 0 Å². The van der Waals surface area contributed by atoms with Gasteiger partial charge in [-0.25, -0.2) is 0 Å². The Morgan fingerprint density at radius 1 is 1.20 bits per heavy atom. The van der Waals surface area contributed by atoms with Crippen LogP contribution in [0, 0.1) is 0 Å². The quantitative estimate of drug-likeness (QED) is 0.893. The predicted molar refractivity (Wildman–Crippen MR) is 77.4 cm³/mol. The van der Waals surface area contributed by atoms with Crippen molar-refractivity contribution in [3.05, 3.63) is 35.9 Å². The second-order valence-corrected chi connectivity index (χ2v) is 6.76. The van der Waals surface area contributed by atoms with Gasteiger partial charge in [0.2, 0.25) is 0 Å². The number of aliphatic hydroxyl groups excluding tert-OH is 1. The van der Waals surface area contributed by atoms with Crippen LogP contribution < -0.4 is 0 Å². The molecule has 2 unspecified atom stereocenters. The molecule has 1 saturated heterocycles. The lowest BCUT2D eigenvalue weighted by molar-refractivity contribution is -0.296. The van der Waals surface area contributed by atoms with Crippen LogP contribution in [-0.4, -0.2) is 38.7 Å². The third-order valence-electron chi connectivity index (χ3n) is 4.20. The third kappa shape index (κ3) is 2.88. The fourth-order valence-corrected chi connectivity index (χ4v) is 2.98. The first kappa shape index (κ1) is 15.4. The van der Waals surface area contributed by atoms with E-state index in [1.165, 1.54) is 5.06 Å². The van der Waals surface area contributed by atoms with E-state index in [2.05, 4.69) is 0 Å². The van der Waals surface area contributed by atoms with Gasteiger partial charge in [0.25, 0.3) is 0 Å². The number of aliphatic hydroxyl groups is 1. The molecule has 1 aliphatic heterocycles. The summed E-state index contributed by atoms with van der Waals surface area (Å²) in [7, 11) is 0. The summed E-state index contributed by atoms with van der Waals surface area (Å²) < 4.78 is 5.91. The summed E-state index contributed by atoms with van der Waals surface area (Å²) >= 11 is 0. The maximum atomic E-state index is 10.5. The molecular formula is C16H25NO3. The predicted octanol–water partition coefficient (Wildman–Crippen LogP) is 2.58. The summed E-state index contributed by atoms with van der Waals surface area (Å²) in [4.78, 5) is 0. The van der Waals surface area contributed by atoms with Gasteiger partial charge in [-0.3, -0.25) is 0 Å². The number of nitrogens with zero attached hydrogens (tertiary/aromatic N) is 1. The zero-order valence-electron chi connectivity index (χ0n) is 12.7. The highest BCUT2D eigenvalue weighted by Crippen LogP contribution is 2.38. The van der Waals surface area contributed by atoms with Crippen LogP contribution in [0.15, 0.2) is 30.3 Å². The van der Waals surface area contributed by atoms with Crippen molar-refractivity contribution in [3.63, 3.8) is 0 Å². The largest absolute Gasteiger partial charge is 0.388 e. The normalized spacial score (nSPS) is 29.3. The van der Waals surface area contributed by atoms with Crippen LogP contribution in [0.5, 0.6) is 0 Å². The molecule has 0 amide bonds. The van der Waals surface area contributed by atoms with E-state index in [9.17, 15) is 10.3 Å². The first-order chi connectivity index (χ1) is 9.25. The SMILES string of the molecule is CC1(C)CC(OCc2ccccc2)C(O)C(C)(C)N1O. The van der Waals surface area contributed by atoms with Crippen LogP contribution in [0.2, 0.25) is 0 Å². The van der Waals surface area contributed by atoms with Crippen LogP contribution in [0.4, 0.5) is 0 Å². The van der Waals surface area contributed by atoms with Gasteiger partial charge in [-0.05, 0) is 39.7 Å². The number of ether oxygens (including phenoxy) is 1. The van der Waals surface area contributed by atoms with Crippen LogP contribution in [0.3, 0.4) is 0 Å². The molecule has 2 rings (SSSR count). The van der Waals surface area contributed by atoms with Crippen LogP contribution in [0.1, 0.15) is 39.7 Å². The van der Waals surface area contributed by atoms with Gasteiger partial charge in [-0.15, -0.1) is 0 Å². The lowest BCUT2D eigenvalue weighted by atomic mass is 9.78. The molecule has 20 heavy (non-hydrogen) atoms. The van der Waals surface area contributed by atoms with Crippen molar-refractivity contribution >= 4 is 0 Å². The molecule has 1 fully saturated rings. The zero-order chi connectivity index (χ0) is 15.0. The molecule has 0 bridgehead atoms. The van der Waals surface area contributed by atoms with Crippen LogP contribution >= 0.6 is 0 Å². The first-order valence-electron chi connectivity index (χ1n) is 7.08. The molecule has 0 aliphatic carbocycles. The van der Waals surface area contributed by atoms with Gasteiger partial charge >= 0.3 is 0 Å². The first-order valence-corrected chi connectivity index (χ1v) is 7.08. The molecule has 0 aromatic heterocycles. The van der Waals surface area contributed by atoms with Gasteiger partial charge in [-0.2, -0.15) is 5.06 Å². The average molecular weight is 279 g/mol. The Morgan fingerprint density at radius 2 is 1.80 bits per heavy atom. The Kier molecular flexibility index (Phi) is 4.21. The average Bonchev–Trinajstić information content (AvgIpc) is 2.41. The molecule has 0 saturated carbocycles. The Balaban J connectivity index is 2.08. The summed E-state index contributed by atoms with van der Waals surface area (Å²) in [5.74, 6) is 0. The van der Waals surface area contributed by atoms with Crippen molar-refractivity contribution in [1.82, 2.24) is 5.06 Å². The van der Waals surface area contributed by atoms with E-state index in [0.29, 0.717) is 13.0 Å². The Bertz CT molecular complexity index is 444. The molecule has 1 heterocycles. The monoisotopic (exact) mass is 279 g/mol. The summed E-state index contributed by atoms with van der Waals surface area (Å²) in [6, 6.07) is 9.92. The van der Waals surface area contributed by atoms with Gasteiger partial charge in [-0.1, -0.05) is 30.3 Å². The Hall–Kier alpha value is -0.940. The molecule has 0 spiro atoms. The van der Waals surface area contributed by atoms with Crippen molar-refractivity contribution in [2.45, 2.75) is 64.0 Å². The fourth-order valence-electron chi connectivity index (χ4n) is 2.98. The fraction of sp³-hybridized carbons (Fsp3) is 0.625. The summed E-state index contributed by atoms with van der Waals surface area (Å²) in [6.45, 7) is 8.05. The van der Waals surface area contributed by atoms with Crippen molar-refractivity contribution in [2.24, 2.45) is 0 Å². The van der Waals surface area contributed by atoms with Crippen LogP contribution in [-0.2, 0) is 11.3 Å². The molecule has 2 atom stereocenters. The second kappa shape index (κ2) is 5.45. The minimum Gasteiger partial charge on any atom is -0.388 e.